The minimum atomic E-state index is -0.362. The number of nitrogens with one attached hydrogen (secondary N) is 1. The first-order valence-electron chi connectivity index (χ1n) is 8.38. The molecule has 0 aliphatic carbocycles. The second-order valence-corrected chi connectivity index (χ2v) is 6.10. The molecule has 0 fully saturated rings. The van der Waals surface area contributed by atoms with Crippen LogP contribution in [0.3, 0.4) is 0 Å². The Morgan fingerprint density at radius 2 is 2.23 bits per heavy atom. The fraction of sp³-hybridized carbons (Fsp3) is 0.263. The van der Waals surface area contributed by atoms with Gasteiger partial charge in [0.1, 0.15) is 11.6 Å². The van der Waals surface area contributed by atoms with Gasteiger partial charge in [-0.05, 0) is 30.5 Å². The Labute approximate surface area is 150 Å². The lowest BCUT2D eigenvalue weighted by molar-refractivity contribution is 0.0948. The minimum absolute atomic E-state index is 0.165. The molecule has 0 bridgehead atoms. The van der Waals surface area contributed by atoms with Crippen LogP contribution in [0.15, 0.2) is 38.9 Å². The normalized spacial score (nSPS) is 15.3. The summed E-state index contributed by atoms with van der Waals surface area (Å²) in [7, 11) is 1.63. The first-order valence-corrected chi connectivity index (χ1v) is 8.38. The maximum atomic E-state index is 12.3. The fourth-order valence-corrected chi connectivity index (χ4v) is 3.15. The Bertz CT molecular complexity index is 969. The zero-order valence-corrected chi connectivity index (χ0v) is 14.6. The molecule has 7 heteroatoms. The van der Waals surface area contributed by atoms with E-state index in [2.05, 4.69) is 20.3 Å². The van der Waals surface area contributed by atoms with E-state index >= 15 is 0 Å². The van der Waals surface area contributed by atoms with E-state index in [1.54, 1.807) is 14.0 Å². The van der Waals surface area contributed by atoms with Gasteiger partial charge in [0.05, 0.1) is 19.0 Å². The van der Waals surface area contributed by atoms with Crippen LogP contribution in [-0.2, 0) is 6.42 Å². The van der Waals surface area contributed by atoms with Crippen molar-refractivity contribution in [2.24, 2.45) is 9.98 Å². The van der Waals surface area contributed by atoms with E-state index in [0.717, 1.165) is 41.0 Å². The number of fused-ring (bicyclic) bond motifs is 1. The lowest BCUT2D eigenvalue weighted by Crippen LogP contribution is -2.30. The van der Waals surface area contributed by atoms with Gasteiger partial charge in [-0.3, -0.25) is 9.79 Å². The largest absolute Gasteiger partial charge is 0.496 e. The van der Waals surface area contributed by atoms with Gasteiger partial charge >= 0.3 is 0 Å². The third kappa shape index (κ3) is 2.92. The van der Waals surface area contributed by atoms with Gasteiger partial charge in [0, 0.05) is 36.9 Å². The van der Waals surface area contributed by atoms with Crippen molar-refractivity contribution in [2.45, 2.75) is 26.2 Å². The molecule has 2 aliphatic heterocycles. The molecule has 1 N–H and O–H groups in total. The number of ether oxygens (including phenoxy) is 1. The average molecular weight is 350 g/mol. The van der Waals surface area contributed by atoms with Crippen LogP contribution in [0.5, 0.6) is 5.75 Å². The van der Waals surface area contributed by atoms with Crippen LogP contribution >= 0.6 is 0 Å². The first kappa shape index (κ1) is 16.3. The van der Waals surface area contributed by atoms with E-state index in [1.165, 1.54) is 6.20 Å². The molecule has 0 saturated heterocycles. The Hall–Kier alpha value is -3.22. The Morgan fingerprint density at radius 1 is 1.35 bits per heavy atom. The summed E-state index contributed by atoms with van der Waals surface area (Å²) in [5.41, 5.74) is 3.95. The van der Waals surface area contributed by atoms with Crippen molar-refractivity contribution in [3.05, 3.63) is 47.3 Å². The number of carbonyl (C=O) groups is 1. The third-order valence-corrected chi connectivity index (χ3v) is 4.38. The molecule has 0 unspecified atom stereocenters. The molecule has 3 heterocycles. The van der Waals surface area contributed by atoms with Crippen molar-refractivity contribution in [3.63, 3.8) is 0 Å². The monoisotopic (exact) mass is 350 g/mol. The number of hydrogen-bond donors (Lipinski definition) is 1. The van der Waals surface area contributed by atoms with Gasteiger partial charge < -0.3 is 14.5 Å². The van der Waals surface area contributed by atoms with Gasteiger partial charge in [-0.25, -0.2) is 9.98 Å². The maximum Gasteiger partial charge on any atom is 0.294 e. The van der Waals surface area contributed by atoms with Crippen LogP contribution < -0.4 is 10.1 Å². The molecule has 0 saturated carbocycles. The van der Waals surface area contributed by atoms with E-state index in [9.17, 15) is 4.79 Å². The quantitative estimate of drug-likeness (QED) is 0.920. The van der Waals surface area contributed by atoms with Gasteiger partial charge in [0.2, 0.25) is 5.76 Å². The van der Waals surface area contributed by atoms with Crippen molar-refractivity contribution in [2.75, 3.05) is 7.11 Å². The number of hydrogen-bond acceptors (Lipinski definition) is 6. The number of aromatic nitrogens is 1. The van der Waals surface area contributed by atoms with Crippen molar-refractivity contribution in [3.8, 4) is 5.75 Å². The van der Waals surface area contributed by atoms with Gasteiger partial charge in [-0.15, -0.1) is 0 Å². The molecule has 1 aromatic carbocycles. The number of benzene rings is 1. The highest BCUT2D eigenvalue weighted by atomic mass is 16.5. The molecule has 0 atom stereocenters. The summed E-state index contributed by atoms with van der Waals surface area (Å²) in [5.74, 6) is 1.56. The van der Waals surface area contributed by atoms with Crippen molar-refractivity contribution in [1.29, 1.82) is 0 Å². The highest BCUT2D eigenvalue weighted by molar-refractivity contribution is 6.08. The van der Waals surface area contributed by atoms with Crippen molar-refractivity contribution >= 4 is 29.2 Å². The molecule has 2 aliphatic rings. The molecule has 132 valence electrons. The number of aryl methyl sites for hydroxylation is 1. The van der Waals surface area contributed by atoms with E-state index < -0.39 is 0 Å². The van der Waals surface area contributed by atoms with Crippen molar-refractivity contribution < 1.29 is 13.9 Å². The van der Waals surface area contributed by atoms with Gasteiger partial charge in [-0.1, -0.05) is 0 Å². The topological polar surface area (TPSA) is 89.1 Å². The smallest absolute Gasteiger partial charge is 0.294 e. The molecule has 26 heavy (non-hydrogen) atoms. The molecule has 0 radical (unpaired) electrons. The summed E-state index contributed by atoms with van der Waals surface area (Å²) in [6.45, 7) is 1.69. The summed E-state index contributed by atoms with van der Waals surface area (Å²) in [6, 6.07) is 3.94. The summed E-state index contributed by atoms with van der Waals surface area (Å²) in [5, 5.41) is 2.81. The number of rotatable bonds is 3. The molecule has 1 aromatic heterocycles. The number of carbonyl (C=O) groups excluding carboxylic acids is 1. The van der Waals surface area contributed by atoms with Crippen LogP contribution in [0.25, 0.3) is 5.57 Å². The molecular weight excluding hydrogens is 332 g/mol. The zero-order valence-electron chi connectivity index (χ0n) is 14.6. The lowest BCUT2D eigenvalue weighted by atomic mass is 9.96. The first-order chi connectivity index (χ1) is 12.7. The Kier molecular flexibility index (Phi) is 4.12. The highest BCUT2D eigenvalue weighted by Crippen LogP contribution is 2.41. The number of aliphatic imine (C=N–C) groups is 2. The molecule has 0 spiro atoms. The summed E-state index contributed by atoms with van der Waals surface area (Å²) < 4.78 is 10.7. The summed E-state index contributed by atoms with van der Waals surface area (Å²) in [4.78, 5) is 25.2. The van der Waals surface area contributed by atoms with Crippen molar-refractivity contribution in [1.82, 2.24) is 10.3 Å². The van der Waals surface area contributed by atoms with Crippen LogP contribution in [0.4, 0.5) is 5.69 Å². The summed E-state index contributed by atoms with van der Waals surface area (Å²) >= 11 is 0. The second-order valence-electron chi connectivity index (χ2n) is 6.10. The van der Waals surface area contributed by atoms with Gasteiger partial charge in [-0.2, -0.15) is 0 Å². The average Bonchev–Trinajstić information content (AvgIpc) is 3.27. The third-order valence-electron chi connectivity index (χ3n) is 4.38. The number of methoxy groups -OCH3 is 1. The maximum absolute atomic E-state index is 12.3. The van der Waals surface area contributed by atoms with E-state index in [1.807, 2.05) is 24.5 Å². The molecule has 4 rings (SSSR count). The number of amides is 1. The molecule has 2 aromatic rings. The second kappa shape index (κ2) is 6.59. The number of oxazole rings is 1. The number of nitrogens with zero attached hydrogens (tertiary/aromatic N) is 3. The van der Waals surface area contributed by atoms with Crippen LogP contribution in [0.1, 0.15) is 40.4 Å². The fourth-order valence-electron chi connectivity index (χ4n) is 3.15. The summed E-state index contributed by atoms with van der Waals surface area (Å²) in [6.07, 6.45) is 7.49. The van der Waals surface area contributed by atoms with Gasteiger partial charge in [0.25, 0.3) is 5.91 Å². The zero-order chi connectivity index (χ0) is 18.1. The molecular formula is C19H18N4O3. The standard InChI is InChI=1S/C19H18N4O3/c1-11-21-10-16(26-11)19(24)23-17-8-14-15(25-2)6-5-13(18(14)22-17)12-4-3-7-20-9-12/h5-7,9-10H,3-4,8H2,1-2H3,(H,22,23,24). The SMILES string of the molecule is COc1ccc(C2=CN=CCC2)c2c1CC(NC(=O)c1cnc(C)o1)=N2. The highest BCUT2D eigenvalue weighted by Gasteiger charge is 2.25. The molecule has 1 amide bonds. The predicted molar refractivity (Wildman–Crippen MR) is 98.2 cm³/mol. The van der Waals surface area contributed by atoms with E-state index in [0.29, 0.717) is 18.1 Å². The Morgan fingerprint density at radius 3 is 2.92 bits per heavy atom. The predicted octanol–water partition coefficient (Wildman–Crippen LogP) is 3.21. The van der Waals surface area contributed by atoms with Gasteiger partial charge in [0.15, 0.2) is 5.89 Å². The van der Waals surface area contributed by atoms with Crippen LogP contribution in [0.2, 0.25) is 0 Å². The lowest BCUT2D eigenvalue weighted by Gasteiger charge is -2.14. The number of amidine groups is 1. The Balaban J connectivity index is 1.66. The van der Waals surface area contributed by atoms with Crippen LogP contribution in [0, 0.1) is 6.92 Å². The molecule has 7 nitrogen and oxygen atoms in total. The number of allylic oxidation sites excluding steroid dienone is 1. The van der Waals surface area contributed by atoms with E-state index in [-0.39, 0.29) is 11.7 Å². The van der Waals surface area contributed by atoms with E-state index in [4.69, 9.17) is 9.15 Å². The van der Waals surface area contributed by atoms with Crippen LogP contribution in [-0.4, -0.2) is 30.1 Å². The minimum Gasteiger partial charge on any atom is -0.496 e.